The van der Waals surface area contributed by atoms with Crippen LogP contribution in [0.5, 0.6) is 0 Å². The van der Waals surface area contributed by atoms with Crippen molar-refractivity contribution in [2.24, 2.45) is 0 Å². The van der Waals surface area contributed by atoms with Crippen molar-refractivity contribution in [1.82, 2.24) is 4.90 Å². The summed E-state index contributed by atoms with van der Waals surface area (Å²) in [6.45, 7) is 6.82. The molecular weight excluding hydrogens is 382 g/mol. The molecule has 0 aliphatic carbocycles. The summed E-state index contributed by atoms with van der Waals surface area (Å²) < 4.78 is 0.987. The molecule has 1 aromatic carbocycles. The highest BCUT2D eigenvalue weighted by molar-refractivity contribution is 9.10. The Labute approximate surface area is 158 Å². The summed E-state index contributed by atoms with van der Waals surface area (Å²) in [4.78, 5) is 27.8. The molecule has 0 radical (unpaired) electrons. The lowest BCUT2D eigenvalue weighted by molar-refractivity contribution is -0.862. The van der Waals surface area contributed by atoms with Gasteiger partial charge in [0.15, 0.2) is 13.1 Å². The lowest BCUT2D eigenvalue weighted by Crippen LogP contribution is -3.11. The molecule has 0 bridgehead atoms. The molecule has 2 amide bonds. The predicted molar refractivity (Wildman–Crippen MR) is 104 cm³/mol. The Kier molecular flexibility index (Phi) is 7.02. The van der Waals surface area contributed by atoms with Crippen LogP contribution in [0.4, 0.5) is 5.69 Å². The normalized spacial score (nSPS) is 21.7. The van der Waals surface area contributed by atoms with E-state index < -0.39 is 0 Å². The van der Waals surface area contributed by atoms with Gasteiger partial charge < -0.3 is 15.1 Å². The van der Waals surface area contributed by atoms with Crippen LogP contribution in [0, 0.1) is 6.92 Å². The van der Waals surface area contributed by atoms with E-state index in [9.17, 15) is 9.59 Å². The van der Waals surface area contributed by atoms with Gasteiger partial charge in [0, 0.05) is 22.2 Å². The average molecular weight is 411 g/mol. The highest BCUT2D eigenvalue weighted by Gasteiger charge is 2.30. The largest absolute Gasteiger partial charge is 0.332 e. The highest BCUT2D eigenvalue weighted by atomic mass is 79.9. The van der Waals surface area contributed by atoms with Crippen LogP contribution >= 0.6 is 15.9 Å². The summed E-state index contributed by atoms with van der Waals surface area (Å²) in [6.07, 6.45) is 3.32. The van der Waals surface area contributed by atoms with Crippen LogP contribution in [0.3, 0.4) is 0 Å². The van der Waals surface area contributed by atoms with Crippen LogP contribution in [-0.2, 0) is 9.59 Å². The molecule has 5 nitrogen and oxygen atoms in total. The number of hydrogen-bond donors (Lipinski definition) is 2. The first-order chi connectivity index (χ1) is 11.8. The average Bonchev–Trinajstić information content (AvgIpc) is 2.49. The molecule has 1 aromatic rings. The second-order valence-electron chi connectivity index (χ2n) is 7.25. The van der Waals surface area contributed by atoms with Gasteiger partial charge in [-0.2, -0.15) is 0 Å². The number of rotatable bonds is 5. The zero-order valence-corrected chi connectivity index (χ0v) is 17.1. The summed E-state index contributed by atoms with van der Waals surface area (Å²) in [5.74, 6) is 0.0697. The second-order valence-corrected chi connectivity index (χ2v) is 8.16. The quantitative estimate of drug-likeness (QED) is 0.779. The minimum Gasteiger partial charge on any atom is -0.332 e. The van der Waals surface area contributed by atoms with Gasteiger partial charge in [0.2, 0.25) is 0 Å². The number of likely N-dealkylation sites (N-methyl/N-ethyl adjacent to an activating group) is 1. The third kappa shape index (κ3) is 5.54. The van der Waals surface area contributed by atoms with E-state index in [1.165, 1.54) is 6.42 Å². The maximum Gasteiger partial charge on any atom is 0.279 e. The van der Waals surface area contributed by atoms with Gasteiger partial charge in [-0.05, 0) is 63.8 Å². The van der Waals surface area contributed by atoms with Crippen molar-refractivity contribution < 1.29 is 14.5 Å². The fourth-order valence-corrected chi connectivity index (χ4v) is 4.04. The Hall–Kier alpha value is -1.40. The van der Waals surface area contributed by atoms with Crippen molar-refractivity contribution in [3.05, 3.63) is 28.2 Å². The zero-order chi connectivity index (χ0) is 18.6. The Balaban J connectivity index is 1.87. The SMILES string of the molecule is Cc1cc(Br)ccc1NC(=O)C[NH+](C)CC(=O)N1[C@@H](C)CCC[C@@H]1C. The third-order valence-electron chi connectivity index (χ3n) is 4.86. The molecule has 1 aliphatic rings. The van der Waals surface area contributed by atoms with Gasteiger partial charge in [-0.25, -0.2) is 0 Å². The van der Waals surface area contributed by atoms with Crippen LogP contribution in [0.1, 0.15) is 38.7 Å². The number of benzene rings is 1. The van der Waals surface area contributed by atoms with Crippen molar-refractivity contribution in [3.8, 4) is 0 Å². The number of aryl methyl sites for hydroxylation is 1. The Morgan fingerprint density at radius 3 is 2.48 bits per heavy atom. The number of quaternary nitrogens is 1. The number of nitrogens with one attached hydrogen (secondary N) is 2. The fraction of sp³-hybridized carbons (Fsp3) is 0.579. The maximum atomic E-state index is 12.6. The standard InChI is InChI=1S/C19H28BrN3O2/c1-13-10-16(20)8-9-17(13)21-18(24)11-22(4)12-19(25)23-14(2)6-5-7-15(23)3/h8-10,14-15H,5-7,11-12H2,1-4H3,(H,21,24)/p+1/t14-,15-/m0/s1. The molecule has 1 fully saturated rings. The van der Waals surface area contributed by atoms with Gasteiger partial charge in [0.25, 0.3) is 11.8 Å². The van der Waals surface area contributed by atoms with Crippen molar-refractivity contribution in [3.63, 3.8) is 0 Å². The monoisotopic (exact) mass is 410 g/mol. The van der Waals surface area contributed by atoms with Gasteiger partial charge in [0.05, 0.1) is 7.05 Å². The summed E-state index contributed by atoms with van der Waals surface area (Å²) in [7, 11) is 1.89. The molecule has 1 saturated heterocycles. The minimum absolute atomic E-state index is 0.0736. The first-order valence-electron chi connectivity index (χ1n) is 8.96. The van der Waals surface area contributed by atoms with E-state index in [0.717, 1.165) is 33.5 Å². The van der Waals surface area contributed by atoms with Crippen LogP contribution in [0.25, 0.3) is 0 Å². The smallest absolute Gasteiger partial charge is 0.279 e. The molecule has 6 heteroatoms. The van der Waals surface area contributed by atoms with E-state index in [-0.39, 0.29) is 18.4 Å². The van der Waals surface area contributed by atoms with Crippen LogP contribution < -0.4 is 10.2 Å². The predicted octanol–water partition coefficient (Wildman–Crippen LogP) is 2.00. The topological polar surface area (TPSA) is 53.9 Å². The van der Waals surface area contributed by atoms with E-state index in [1.807, 2.05) is 37.1 Å². The van der Waals surface area contributed by atoms with Crippen molar-refractivity contribution in [2.75, 3.05) is 25.5 Å². The number of nitrogens with zero attached hydrogens (tertiary/aromatic N) is 1. The molecule has 1 aliphatic heterocycles. The molecule has 0 saturated carbocycles. The highest BCUT2D eigenvalue weighted by Crippen LogP contribution is 2.22. The summed E-state index contributed by atoms with van der Waals surface area (Å²) in [5.41, 5.74) is 1.82. The molecule has 2 rings (SSSR count). The first-order valence-corrected chi connectivity index (χ1v) is 9.75. The van der Waals surface area contributed by atoms with Crippen LogP contribution in [-0.4, -0.2) is 48.9 Å². The summed E-state index contributed by atoms with van der Waals surface area (Å²) in [6, 6.07) is 6.34. The number of halogens is 1. The molecule has 25 heavy (non-hydrogen) atoms. The van der Waals surface area contributed by atoms with Crippen LogP contribution in [0.2, 0.25) is 0 Å². The number of anilines is 1. The molecule has 0 spiro atoms. The number of hydrogen-bond acceptors (Lipinski definition) is 2. The fourth-order valence-electron chi connectivity index (χ4n) is 3.56. The first kappa shape index (κ1) is 19.9. The molecule has 0 aromatic heterocycles. The van der Waals surface area contributed by atoms with E-state index >= 15 is 0 Å². The van der Waals surface area contributed by atoms with Gasteiger partial charge in [-0.15, -0.1) is 0 Å². The van der Waals surface area contributed by atoms with Crippen molar-refractivity contribution >= 4 is 33.4 Å². The number of likely N-dealkylation sites (tertiary alicyclic amines) is 1. The number of carbonyl (C=O) groups excluding carboxylic acids is 2. The minimum atomic E-state index is -0.0736. The van der Waals surface area contributed by atoms with Gasteiger partial charge in [0.1, 0.15) is 0 Å². The molecular formula is C19H29BrN3O2+. The Morgan fingerprint density at radius 2 is 1.88 bits per heavy atom. The lowest BCUT2D eigenvalue weighted by Gasteiger charge is -2.39. The molecule has 2 N–H and O–H groups in total. The number of carbonyl (C=O) groups is 2. The second kappa shape index (κ2) is 8.81. The molecule has 138 valence electrons. The van der Waals surface area contributed by atoms with E-state index in [2.05, 4.69) is 35.1 Å². The van der Waals surface area contributed by atoms with Crippen molar-refractivity contribution in [1.29, 1.82) is 0 Å². The van der Waals surface area contributed by atoms with E-state index in [1.54, 1.807) is 0 Å². The summed E-state index contributed by atoms with van der Waals surface area (Å²) in [5, 5.41) is 2.93. The molecule has 1 unspecified atom stereocenters. The Bertz CT molecular complexity index is 625. The lowest BCUT2D eigenvalue weighted by atomic mass is 9.97. The van der Waals surface area contributed by atoms with Crippen LogP contribution in [0.15, 0.2) is 22.7 Å². The van der Waals surface area contributed by atoms with Gasteiger partial charge in [-0.3, -0.25) is 9.59 Å². The maximum absolute atomic E-state index is 12.6. The Morgan fingerprint density at radius 1 is 1.24 bits per heavy atom. The zero-order valence-electron chi connectivity index (χ0n) is 15.6. The van der Waals surface area contributed by atoms with E-state index in [0.29, 0.717) is 18.6 Å². The molecule has 1 heterocycles. The third-order valence-corrected chi connectivity index (χ3v) is 5.35. The van der Waals surface area contributed by atoms with Gasteiger partial charge in [-0.1, -0.05) is 15.9 Å². The van der Waals surface area contributed by atoms with Gasteiger partial charge >= 0.3 is 0 Å². The number of piperidine rings is 1. The summed E-state index contributed by atoms with van der Waals surface area (Å²) >= 11 is 3.42. The van der Waals surface area contributed by atoms with Crippen molar-refractivity contribution in [2.45, 2.75) is 52.1 Å². The number of amides is 2. The molecule has 3 atom stereocenters. The van der Waals surface area contributed by atoms with E-state index in [4.69, 9.17) is 0 Å².